The number of thioether (sulfide) groups is 1. The average molecular weight is 360 g/mol. The maximum atomic E-state index is 2.69. The van der Waals surface area contributed by atoms with Gasteiger partial charge in [0.25, 0.3) is 0 Å². The van der Waals surface area contributed by atoms with Gasteiger partial charge in [-0.25, -0.2) is 0 Å². The largest absolute Gasteiger partial charge is 0.372 e. The van der Waals surface area contributed by atoms with Gasteiger partial charge in [0, 0.05) is 56.5 Å². The van der Waals surface area contributed by atoms with Crippen molar-refractivity contribution >= 4 is 17.4 Å². The van der Waals surface area contributed by atoms with Crippen LogP contribution in [0.15, 0.2) is 24.3 Å². The fraction of sp³-hybridized carbons (Fsp3) is 0.714. The van der Waals surface area contributed by atoms with Crippen LogP contribution >= 0.6 is 11.8 Å². The molecule has 0 bridgehead atoms. The highest BCUT2D eigenvalue weighted by Crippen LogP contribution is 2.25. The maximum absolute atomic E-state index is 2.69. The number of hydrogen-bond donors (Lipinski definition) is 0. The first-order valence-corrected chi connectivity index (χ1v) is 11.4. The summed E-state index contributed by atoms with van der Waals surface area (Å²) in [4.78, 5) is 7.88. The Morgan fingerprint density at radius 2 is 1.48 bits per heavy atom. The van der Waals surface area contributed by atoms with Crippen LogP contribution in [0.4, 0.5) is 5.69 Å². The van der Waals surface area contributed by atoms with Gasteiger partial charge in [-0.15, -0.1) is 0 Å². The van der Waals surface area contributed by atoms with Crippen LogP contribution in [0.1, 0.15) is 31.2 Å². The van der Waals surface area contributed by atoms with E-state index in [1.165, 1.54) is 94.3 Å². The second-order valence-corrected chi connectivity index (χ2v) is 9.22. The van der Waals surface area contributed by atoms with Gasteiger partial charge in [-0.05, 0) is 62.4 Å². The molecule has 3 nitrogen and oxygen atoms in total. The highest BCUT2D eigenvalue weighted by atomic mass is 32.2. The van der Waals surface area contributed by atoms with Crippen molar-refractivity contribution in [3.05, 3.63) is 29.8 Å². The average Bonchev–Trinajstić information content (AvgIpc) is 3.17. The van der Waals surface area contributed by atoms with Gasteiger partial charge in [0.15, 0.2) is 0 Å². The lowest BCUT2D eigenvalue weighted by Crippen LogP contribution is -2.38. The van der Waals surface area contributed by atoms with Crippen LogP contribution in [0.5, 0.6) is 0 Å². The standard InChI is InChI=1S/C21H33N3S/c1-2-10-22(9-1)18-20-7-11-24(12-8-20)21-5-3-19(4-6-21)17-23-13-15-25-16-14-23/h3-6,20H,1-2,7-18H2. The molecule has 4 heteroatoms. The minimum Gasteiger partial charge on any atom is -0.372 e. The lowest BCUT2D eigenvalue weighted by atomic mass is 9.95. The van der Waals surface area contributed by atoms with Crippen LogP contribution in [0.25, 0.3) is 0 Å². The molecule has 3 aliphatic rings. The summed E-state index contributed by atoms with van der Waals surface area (Å²) < 4.78 is 0. The highest BCUT2D eigenvalue weighted by Gasteiger charge is 2.23. The first-order valence-electron chi connectivity index (χ1n) is 10.2. The highest BCUT2D eigenvalue weighted by molar-refractivity contribution is 7.99. The maximum Gasteiger partial charge on any atom is 0.0366 e. The third kappa shape index (κ3) is 4.93. The lowest BCUT2D eigenvalue weighted by molar-refractivity contribution is 0.249. The zero-order chi connectivity index (χ0) is 16.9. The van der Waals surface area contributed by atoms with Crippen LogP contribution in [0.3, 0.4) is 0 Å². The molecule has 0 unspecified atom stereocenters. The Labute approximate surface area is 157 Å². The Morgan fingerprint density at radius 3 is 2.16 bits per heavy atom. The monoisotopic (exact) mass is 359 g/mol. The summed E-state index contributed by atoms with van der Waals surface area (Å²) in [7, 11) is 0. The molecule has 1 aromatic rings. The molecule has 0 saturated carbocycles. The fourth-order valence-corrected chi connectivity index (χ4v) is 5.51. The Bertz CT molecular complexity index is 512. The van der Waals surface area contributed by atoms with Crippen molar-refractivity contribution in [3.63, 3.8) is 0 Å². The zero-order valence-electron chi connectivity index (χ0n) is 15.5. The first kappa shape index (κ1) is 17.7. The fourth-order valence-electron chi connectivity index (χ4n) is 4.53. The minimum atomic E-state index is 0.922. The molecule has 0 aromatic heterocycles. The van der Waals surface area contributed by atoms with Crippen molar-refractivity contribution in [2.24, 2.45) is 5.92 Å². The molecule has 0 amide bonds. The third-order valence-electron chi connectivity index (χ3n) is 6.14. The Hall–Kier alpha value is -0.710. The van der Waals surface area contributed by atoms with Crippen molar-refractivity contribution in [2.45, 2.75) is 32.2 Å². The number of nitrogens with zero attached hydrogens (tertiary/aromatic N) is 3. The van der Waals surface area contributed by atoms with Crippen molar-refractivity contribution in [1.29, 1.82) is 0 Å². The zero-order valence-corrected chi connectivity index (χ0v) is 16.4. The van der Waals surface area contributed by atoms with Gasteiger partial charge in [-0.2, -0.15) is 11.8 Å². The third-order valence-corrected chi connectivity index (χ3v) is 7.08. The minimum absolute atomic E-state index is 0.922. The SMILES string of the molecule is c1cc(N2CCC(CN3CCCC3)CC2)ccc1CN1CCSCC1. The topological polar surface area (TPSA) is 9.72 Å². The summed E-state index contributed by atoms with van der Waals surface area (Å²) in [5.74, 6) is 3.51. The van der Waals surface area contributed by atoms with Gasteiger partial charge in [-0.3, -0.25) is 4.90 Å². The number of anilines is 1. The van der Waals surface area contributed by atoms with E-state index >= 15 is 0 Å². The molecule has 3 heterocycles. The number of rotatable bonds is 5. The molecule has 4 rings (SSSR count). The van der Waals surface area contributed by atoms with Crippen molar-refractivity contribution in [1.82, 2.24) is 9.80 Å². The van der Waals surface area contributed by atoms with E-state index in [1.807, 2.05) is 0 Å². The van der Waals surface area contributed by atoms with E-state index in [-0.39, 0.29) is 0 Å². The van der Waals surface area contributed by atoms with E-state index in [1.54, 1.807) is 0 Å². The Balaban J connectivity index is 1.25. The normalized spacial score (nSPS) is 24.1. The first-order chi connectivity index (χ1) is 12.4. The van der Waals surface area contributed by atoms with E-state index in [0.717, 1.165) is 12.5 Å². The van der Waals surface area contributed by atoms with Gasteiger partial charge in [-0.1, -0.05) is 12.1 Å². The summed E-state index contributed by atoms with van der Waals surface area (Å²) in [6, 6.07) is 9.42. The van der Waals surface area contributed by atoms with Crippen molar-refractivity contribution in [2.75, 3.05) is 62.2 Å². The molecule has 0 spiro atoms. The molecular formula is C21H33N3S. The summed E-state index contributed by atoms with van der Waals surface area (Å²) in [5.41, 5.74) is 2.90. The lowest BCUT2D eigenvalue weighted by Gasteiger charge is -2.35. The number of piperidine rings is 1. The number of hydrogen-bond acceptors (Lipinski definition) is 4. The second-order valence-electron chi connectivity index (χ2n) is 7.99. The molecule has 3 aliphatic heterocycles. The molecule has 0 aliphatic carbocycles. The summed E-state index contributed by atoms with van der Waals surface area (Å²) in [6.07, 6.45) is 5.57. The van der Waals surface area contributed by atoms with Crippen LogP contribution < -0.4 is 4.90 Å². The second kappa shape index (κ2) is 8.79. The van der Waals surface area contributed by atoms with Crippen LogP contribution in [0.2, 0.25) is 0 Å². The van der Waals surface area contributed by atoms with E-state index in [2.05, 4.69) is 50.7 Å². The van der Waals surface area contributed by atoms with E-state index in [9.17, 15) is 0 Å². The van der Waals surface area contributed by atoms with E-state index in [4.69, 9.17) is 0 Å². The predicted octanol–water partition coefficient (Wildman–Crippen LogP) is 3.55. The van der Waals surface area contributed by atoms with Crippen molar-refractivity contribution < 1.29 is 0 Å². The molecule has 25 heavy (non-hydrogen) atoms. The van der Waals surface area contributed by atoms with Gasteiger partial charge in [0.2, 0.25) is 0 Å². The molecule has 138 valence electrons. The predicted molar refractivity (Wildman–Crippen MR) is 110 cm³/mol. The number of benzene rings is 1. The summed E-state index contributed by atoms with van der Waals surface area (Å²) >= 11 is 2.09. The number of likely N-dealkylation sites (tertiary alicyclic amines) is 1. The van der Waals surface area contributed by atoms with Crippen LogP contribution in [0, 0.1) is 5.92 Å². The molecular weight excluding hydrogens is 326 g/mol. The smallest absolute Gasteiger partial charge is 0.0366 e. The molecule has 3 saturated heterocycles. The molecule has 0 atom stereocenters. The van der Waals surface area contributed by atoms with E-state index < -0.39 is 0 Å². The molecule has 1 aromatic carbocycles. The van der Waals surface area contributed by atoms with Crippen molar-refractivity contribution in [3.8, 4) is 0 Å². The molecule has 0 radical (unpaired) electrons. The van der Waals surface area contributed by atoms with Crippen LogP contribution in [-0.4, -0.2) is 67.1 Å². The van der Waals surface area contributed by atoms with Gasteiger partial charge in [0.05, 0.1) is 0 Å². The summed E-state index contributed by atoms with van der Waals surface area (Å²) in [5, 5.41) is 0. The molecule has 0 N–H and O–H groups in total. The van der Waals surface area contributed by atoms with Gasteiger partial charge >= 0.3 is 0 Å². The van der Waals surface area contributed by atoms with Crippen LogP contribution in [-0.2, 0) is 6.54 Å². The molecule has 3 fully saturated rings. The Kier molecular flexibility index (Phi) is 6.22. The quantitative estimate of drug-likeness (QED) is 0.795. The van der Waals surface area contributed by atoms with Gasteiger partial charge in [0.1, 0.15) is 0 Å². The van der Waals surface area contributed by atoms with E-state index in [0.29, 0.717) is 0 Å². The van der Waals surface area contributed by atoms with Gasteiger partial charge < -0.3 is 9.80 Å². The Morgan fingerprint density at radius 1 is 0.800 bits per heavy atom. The summed E-state index contributed by atoms with van der Waals surface area (Å²) in [6.45, 7) is 10.1.